The number of rotatable bonds is 3. The van der Waals surface area contributed by atoms with Crippen LogP contribution in [0.1, 0.15) is 23.8 Å². The van der Waals surface area contributed by atoms with Gasteiger partial charge < -0.3 is 4.90 Å². The number of hydrogen-bond acceptors (Lipinski definition) is 4. The summed E-state index contributed by atoms with van der Waals surface area (Å²) in [5.41, 5.74) is 0.348. The van der Waals surface area contributed by atoms with E-state index in [-0.39, 0.29) is 11.7 Å². The molecule has 0 spiro atoms. The molecule has 2 heterocycles. The van der Waals surface area contributed by atoms with Crippen LogP contribution in [0.15, 0.2) is 35.7 Å². The number of anilines is 1. The van der Waals surface area contributed by atoms with E-state index in [1.807, 2.05) is 22.4 Å². The van der Waals surface area contributed by atoms with E-state index in [9.17, 15) is 14.5 Å². The van der Waals surface area contributed by atoms with Gasteiger partial charge in [-0.15, -0.1) is 11.3 Å². The Morgan fingerprint density at radius 1 is 1.40 bits per heavy atom. The molecule has 0 amide bonds. The maximum Gasteiger partial charge on any atom is 0.292 e. The normalized spacial score (nSPS) is 18.4. The monoisotopic (exact) mass is 292 g/mol. The zero-order chi connectivity index (χ0) is 14.1. The first kappa shape index (κ1) is 13.1. The van der Waals surface area contributed by atoms with Gasteiger partial charge in [0.1, 0.15) is 11.5 Å². The Morgan fingerprint density at radius 3 is 2.95 bits per heavy atom. The third-order valence-corrected chi connectivity index (χ3v) is 4.54. The second-order valence-corrected chi connectivity index (χ2v) is 5.74. The molecule has 1 aromatic heterocycles. The molecule has 1 aliphatic heterocycles. The van der Waals surface area contributed by atoms with E-state index in [0.717, 1.165) is 18.9 Å². The molecule has 1 aromatic carbocycles. The van der Waals surface area contributed by atoms with Crippen molar-refractivity contribution in [1.29, 1.82) is 0 Å². The third kappa shape index (κ3) is 2.27. The topological polar surface area (TPSA) is 46.4 Å². The molecule has 3 rings (SSSR count). The number of nitrogens with zero attached hydrogens (tertiary/aromatic N) is 2. The van der Waals surface area contributed by atoms with Crippen molar-refractivity contribution in [2.75, 3.05) is 11.4 Å². The van der Waals surface area contributed by atoms with Crippen LogP contribution in [0.5, 0.6) is 0 Å². The number of benzene rings is 1. The Hall–Kier alpha value is -1.95. The highest BCUT2D eigenvalue weighted by Crippen LogP contribution is 2.41. The molecule has 0 bridgehead atoms. The molecule has 20 heavy (non-hydrogen) atoms. The molecule has 2 aromatic rings. The SMILES string of the molecule is O=[N+]([O-])c1ccc(F)cc1N1CCCC1c1cccs1. The number of hydrogen-bond donors (Lipinski definition) is 0. The minimum Gasteiger partial charge on any atom is -0.358 e. The molecule has 1 unspecified atom stereocenters. The molecule has 0 aliphatic carbocycles. The minimum absolute atomic E-state index is 0.0325. The predicted octanol–water partition coefficient (Wildman–Crippen LogP) is 4.14. The maximum atomic E-state index is 13.5. The highest BCUT2D eigenvalue weighted by atomic mass is 32.1. The Kier molecular flexibility index (Phi) is 3.40. The van der Waals surface area contributed by atoms with E-state index >= 15 is 0 Å². The lowest BCUT2D eigenvalue weighted by molar-refractivity contribution is -0.384. The van der Waals surface area contributed by atoms with Gasteiger partial charge in [0.25, 0.3) is 5.69 Å². The molecule has 1 fully saturated rings. The average Bonchev–Trinajstić information content (AvgIpc) is 3.09. The van der Waals surface area contributed by atoms with Crippen molar-refractivity contribution < 1.29 is 9.31 Å². The molecule has 0 N–H and O–H groups in total. The van der Waals surface area contributed by atoms with E-state index < -0.39 is 10.7 Å². The Bertz CT molecular complexity index is 630. The summed E-state index contributed by atoms with van der Waals surface area (Å²) in [6, 6.07) is 7.75. The van der Waals surface area contributed by atoms with Crippen LogP contribution in [0.4, 0.5) is 15.8 Å². The summed E-state index contributed by atoms with van der Waals surface area (Å²) in [6.07, 6.45) is 1.89. The van der Waals surface area contributed by atoms with Crippen LogP contribution in [-0.4, -0.2) is 11.5 Å². The molecule has 6 heteroatoms. The van der Waals surface area contributed by atoms with Gasteiger partial charge in [-0.2, -0.15) is 0 Å². The number of nitro benzene ring substituents is 1. The first-order valence-corrected chi connectivity index (χ1v) is 7.29. The fourth-order valence-corrected chi connectivity index (χ4v) is 3.59. The van der Waals surface area contributed by atoms with Crippen LogP contribution in [0, 0.1) is 15.9 Å². The van der Waals surface area contributed by atoms with Crippen molar-refractivity contribution in [2.24, 2.45) is 0 Å². The Morgan fingerprint density at radius 2 is 2.25 bits per heavy atom. The van der Waals surface area contributed by atoms with Gasteiger partial charge in [-0.05, 0) is 30.4 Å². The second kappa shape index (κ2) is 5.20. The molecule has 1 atom stereocenters. The Labute approximate surface area is 119 Å². The molecule has 4 nitrogen and oxygen atoms in total. The molecule has 1 aliphatic rings. The summed E-state index contributed by atoms with van der Waals surface area (Å²) < 4.78 is 13.5. The summed E-state index contributed by atoms with van der Waals surface area (Å²) in [5.74, 6) is -0.442. The van der Waals surface area contributed by atoms with Crippen molar-refractivity contribution in [2.45, 2.75) is 18.9 Å². The van der Waals surface area contributed by atoms with Gasteiger partial charge in [0.05, 0.1) is 11.0 Å². The van der Waals surface area contributed by atoms with E-state index in [1.165, 1.54) is 17.0 Å². The lowest BCUT2D eigenvalue weighted by atomic mass is 10.1. The maximum absolute atomic E-state index is 13.5. The second-order valence-electron chi connectivity index (χ2n) is 4.76. The number of thiophene rings is 1. The zero-order valence-corrected chi connectivity index (χ0v) is 11.5. The van der Waals surface area contributed by atoms with Crippen LogP contribution in [0.2, 0.25) is 0 Å². The van der Waals surface area contributed by atoms with Gasteiger partial charge >= 0.3 is 0 Å². The van der Waals surface area contributed by atoms with Crippen LogP contribution in [-0.2, 0) is 0 Å². The summed E-state index contributed by atoms with van der Waals surface area (Å²) in [4.78, 5) is 13.8. The van der Waals surface area contributed by atoms with E-state index in [0.29, 0.717) is 12.2 Å². The molecule has 0 radical (unpaired) electrons. The number of nitro groups is 1. The summed E-state index contributed by atoms with van der Waals surface area (Å²) >= 11 is 1.63. The predicted molar refractivity (Wildman–Crippen MR) is 76.7 cm³/mol. The smallest absolute Gasteiger partial charge is 0.292 e. The van der Waals surface area contributed by atoms with E-state index in [2.05, 4.69) is 0 Å². The highest BCUT2D eigenvalue weighted by molar-refractivity contribution is 7.10. The van der Waals surface area contributed by atoms with Crippen molar-refractivity contribution >= 4 is 22.7 Å². The number of halogens is 1. The fraction of sp³-hybridized carbons (Fsp3) is 0.286. The summed E-state index contributed by atoms with van der Waals surface area (Å²) in [6.45, 7) is 0.715. The van der Waals surface area contributed by atoms with Crippen molar-refractivity contribution in [3.8, 4) is 0 Å². The standard InChI is InChI=1S/C14H13FN2O2S/c15-10-5-6-11(17(18)19)13(9-10)16-7-1-3-12(16)14-4-2-8-20-14/h2,4-6,8-9,12H,1,3,7H2. The van der Waals surface area contributed by atoms with Crippen LogP contribution < -0.4 is 4.90 Å². The minimum atomic E-state index is -0.446. The molecule has 104 valence electrons. The molecular weight excluding hydrogens is 279 g/mol. The van der Waals surface area contributed by atoms with Gasteiger partial charge in [-0.1, -0.05) is 6.07 Å². The van der Waals surface area contributed by atoms with Crippen molar-refractivity contribution in [3.63, 3.8) is 0 Å². The van der Waals surface area contributed by atoms with Crippen LogP contribution in [0.3, 0.4) is 0 Å². The van der Waals surface area contributed by atoms with Gasteiger partial charge in [0, 0.05) is 23.6 Å². The fourth-order valence-electron chi connectivity index (χ4n) is 2.71. The quantitative estimate of drug-likeness (QED) is 0.631. The highest BCUT2D eigenvalue weighted by Gasteiger charge is 2.31. The molecular formula is C14H13FN2O2S. The Balaban J connectivity index is 2.03. The van der Waals surface area contributed by atoms with Gasteiger partial charge in [-0.3, -0.25) is 10.1 Å². The molecule has 0 saturated carbocycles. The van der Waals surface area contributed by atoms with E-state index in [4.69, 9.17) is 0 Å². The third-order valence-electron chi connectivity index (χ3n) is 3.57. The lowest BCUT2D eigenvalue weighted by Crippen LogP contribution is -2.23. The largest absolute Gasteiger partial charge is 0.358 e. The van der Waals surface area contributed by atoms with Gasteiger partial charge in [0.2, 0.25) is 0 Å². The van der Waals surface area contributed by atoms with Crippen molar-refractivity contribution in [1.82, 2.24) is 0 Å². The zero-order valence-electron chi connectivity index (χ0n) is 10.7. The summed E-state index contributed by atoms with van der Waals surface area (Å²) in [5, 5.41) is 13.1. The van der Waals surface area contributed by atoms with Gasteiger partial charge in [0.15, 0.2) is 0 Å². The van der Waals surface area contributed by atoms with Crippen molar-refractivity contribution in [3.05, 3.63) is 56.5 Å². The lowest BCUT2D eigenvalue weighted by Gasteiger charge is -2.25. The average molecular weight is 292 g/mol. The first-order valence-electron chi connectivity index (χ1n) is 6.41. The van der Waals surface area contributed by atoms with Crippen LogP contribution in [0.25, 0.3) is 0 Å². The summed E-state index contributed by atoms with van der Waals surface area (Å²) in [7, 11) is 0. The molecule has 1 saturated heterocycles. The van der Waals surface area contributed by atoms with E-state index in [1.54, 1.807) is 11.3 Å². The van der Waals surface area contributed by atoms with Crippen LogP contribution >= 0.6 is 11.3 Å². The first-order chi connectivity index (χ1) is 9.66. The van der Waals surface area contributed by atoms with Gasteiger partial charge in [-0.25, -0.2) is 4.39 Å².